The van der Waals surface area contributed by atoms with Crippen molar-refractivity contribution in [1.29, 1.82) is 5.26 Å². The maximum Gasteiger partial charge on any atom is 0.213 e. The van der Waals surface area contributed by atoms with Crippen molar-refractivity contribution >= 4 is 27.0 Å². The third-order valence-corrected chi connectivity index (χ3v) is 8.72. The Kier molecular flexibility index (Phi) is 5.73. The SMILES string of the molecule is CCS(=O)(=O)N1CC(CC#N)(n2cc(-c3ncnc4c3ccn4C(C)C(C)(C)C(=O)[O-])cn2)C1. The molecule has 0 aromatic carbocycles. The summed E-state index contributed by atoms with van der Waals surface area (Å²) in [4.78, 5) is 20.4. The monoisotopic (exact) mass is 484 g/mol. The molecule has 0 bridgehead atoms. The van der Waals surface area contributed by atoms with Crippen molar-refractivity contribution in [2.45, 2.75) is 45.7 Å². The van der Waals surface area contributed by atoms with E-state index in [1.165, 1.54) is 10.6 Å². The van der Waals surface area contributed by atoms with Crippen LogP contribution in [-0.2, 0) is 20.4 Å². The molecule has 0 N–H and O–H groups in total. The summed E-state index contributed by atoms with van der Waals surface area (Å²) in [6.45, 7) is 6.98. The number of carbonyl (C=O) groups excluding carboxylic acids is 1. The highest BCUT2D eigenvalue weighted by Crippen LogP contribution is 2.37. The fraction of sp³-hybridized carbons (Fsp3) is 0.500. The number of nitrogens with zero attached hydrogens (tertiary/aromatic N) is 7. The number of hydrogen-bond acceptors (Lipinski definition) is 8. The van der Waals surface area contributed by atoms with E-state index in [1.54, 1.807) is 55.5 Å². The Morgan fingerprint density at radius 1 is 1.35 bits per heavy atom. The molecule has 3 aromatic heterocycles. The van der Waals surface area contributed by atoms with Crippen LogP contribution in [0.5, 0.6) is 0 Å². The van der Waals surface area contributed by atoms with Gasteiger partial charge in [-0.3, -0.25) is 4.68 Å². The van der Waals surface area contributed by atoms with Gasteiger partial charge in [-0.05, 0) is 19.9 Å². The van der Waals surface area contributed by atoms with E-state index in [4.69, 9.17) is 0 Å². The van der Waals surface area contributed by atoms with E-state index in [9.17, 15) is 23.6 Å². The predicted octanol–water partition coefficient (Wildman–Crippen LogP) is 0.906. The van der Waals surface area contributed by atoms with Gasteiger partial charge in [0.05, 0.1) is 30.1 Å². The van der Waals surface area contributed by atoms with Crippen molar-refractivity contribution in [2.24, 2.45) is 5.41 Å². The molecule has 1 fully saturated rings. The van der Waals surface area contributed by atoms with Crippen molar-refractivity contribution in [3.63, 3.8) is 0 Å². The van der Waals surface area contributed by atoms with Crippen LogP contribution in [0.2, 0.25) is 0 Å². The van der Waals surface area contributed by atoms with Gasteiger partial charge in [0.25, 0.3) is 0 Å². The van der Waals surface area contributed by atoms with E-state index in [2.05, 4.69) is 21.1 Å². The second kappa shape index (κ2) is 8.18. The number of nitriles is 1. The Morgan fingerprint density at radius 2 is 2.06 bits per heavy atom. The summed E-state index contributed by atoms with van der Waals surface area (Å²) in [5.41, 5.74) is 0.0140. The molecule has 0 saturated carbocycles. The van der Waals surface area contributed by atoms with Gasteiger partial charge in [-0.2, -0.15) is 14.7 Å². The minimum absolute atomic E-state index is 0.00304. The van der Waals surface area contributed by atoms with E-state index in [-0.39, 0.29) is 25.3 Å². The first-order chi connectivity index (χ1) is 16.0. The van der Waals surface area contributed by atoms with E-state index in [0.29, 0.717) is 16.9 Å². The first-order valence-electron chi connectivity index (χ1n) is 10.9. The second-order valence-electron chi connectivity index (χ2n) is 9.27. The highest BCUT2D eigenvalue weighted by molar-refractivity contribution is 7.89. The zero-order valence-corrected chi connectivity index (χ0v) is 20.3. The lowest BCUT2D eigenvalue weighted by Crippen LogP contribution is -2.64. The standard InChI is InChI=1S/C22H27N7O4S/c1-5-34(32,33)27-12-22(13-27,7-8-23)29-11-16(10-26-29)18-17-6-9-28(19(17)25-14-24-18)15(2)21(3,4)20(30)31/h6,9-11,14-15H,5,7,12-13H2,1-4H3,(H,30,31)/p-1. The van der Waals surface area contributed by atoms with Crippen molar-refractivity contribution in [2.75, 3.05) is 18.8 Å². The van der Waals surface area contributed by atoms with Crippen molar-refractivity contribution in [1.82, 2.24) is 28.6 Å². The smallest absolute Gasteiger partial charge is 0.213 e. The lowest BCUT2D eigenvalue weighted by molar-refractivity contribution is -0.319. The molecule has 1 atom stereocenters. The second-order valence-corrected chi connectivity index (χ2v) is 11.5. The van der Waals surface area contributed by atoms with Crippen LogP contribution in [-0.4, -0.2) is 61.9 Å². The van der Waals surface area contributed by atoms with Crippen LogP contribution in [0.1, 0.15) is 40.2 Å². The molecule has 1 aliphatic heterocycles. The van der Waals surface area contributed by atoms with E-state index < -0.39 is 33.0 Å². The molecular formula is C22H26N7O4S-. The van der Waals surface area contributed by atoms with Crippen LogP contribution < -0.4 is 5.11 Å². The Hall–Kier alpha value is -3.30. The van der Waals surface area contributed by atoms with Gasteiger partial charge < -0.3 is 14.5 Å². The fourth-order valence-corrected chi connectivity index (χ4v) is 5.45. The van der Waals surface area contributed by atoms with E-state index in [1.807, 2.05) is 6.07 Å². The normalized spacial score (nSPS) is 17.3. The van der Waals surface area contributed by atoms with Gasteiger partial charge in [0.15, 0.2) is 0 Å². The molecule has 1 unspecified atom stereocenters. The van der Waals surface area contributed by atoms with Gasteiger partial charge in [0.1, 0.15) is 17.5 Å². The Bertz CT molecular complexity index is 1390. The van der Waals surface area contributed by atoms with Gasteiger partial charge in [-0.25, -0.2) is 18.4 Å². The van der Waals surface area contributed by atoms with Crippen LogP contribution in [0, 0.1) is 16.7 Å². The van der Waals surface area contributed by atoms with Crippen LogP contribution in [0.4, 0.5) is 0 Å². The summed E-state index contributed by atoms with van der Waals surface area (Å²) in [5.74, 6) is -1.15. The van der Waals surface area contributed by atoms with Gasteiger partial charge in [-0.1, -0.05) is 13.8 Å². The molecule has 0 spiro atoms. The minimum atomic E-state index is -3.34. The summed E-state index contributed by atoms with van der Waals surface area (Å²) in [7, 11) is -3.34. The largest absolute Gasteiger partial charge is 0.549 e. The lowest BCUT2D eigenvalue weighted by atomic mass is 9.85. The number of hydrogen-bond donors (Lipinski definition) is 0. The highest BCUT2D eigenvalue weighted by atomic mass is 32.2. The topological polar surface area (TPSA) is 150 Å². The number of rotatable bonds is 8. The first-order valence-corrected chi connectivity index (χ1v) is 12.5. The molecule has 4 rings (SSSR count). The quantitative estimate of drug-likeness (QED) is 0.458. The van der Waals surface area contributed by atoms with Gasteiger partial charge in [-0.15, -0.1) is 0 Å². The maximum atomic E-state index is 12.2. The molecule has 34 heavy (non-hydrogen) atoms. The molecule has 180 valence electrons. The molecule has 0 radical (unpaired) electrons. The zero-order valence-electron chi connectivity index (χ0n) is 19.5. The molecule has 12 heteroatoms. The number of carbonyl (C=O) groups is 1. The summed E-state index contributed by atoms with van der Waals surface area (Å²) in [6.07, 6.45) is 6.70. The van der Waals surface area contributed by atoms with E-state index >= 15 is 0 Å². The van der Waals surface area contributed by atoms with Crippen molar-refractivity contribution < 1.29 is 18.3 Å². The van der Waals surface area contributed by atoms with Gasteiger partial charge in [0.2, 0.25) is 10.0 Å². The predicted molar refractivity (Wildman–Crippen MR) is 121 cm³/mol. The highest BCUT2D eigenvalue weighted by Gasteiger charge is 2.49. The van der Waals surface area contributed by atoms with Gasteiger partial charge in [0, 0.05) is 53.9 Å². The number of aromatic nitrogens is 5. The molecule has 0 amide bonds. The average molecular weight is 485 g/mol. The molecule has 1 saturated heterocycles. The lowest BCUT2D eigenvalue weighted by Gasteiger charge is -2.47. The van der Waals surface area contributed by atoms with Crippen molar-refractivity contribution in [3.05, 3.63) is 31.0 Å². The molecule has 0 aliphatic carbocycles. The summed E-state index contributed by atoms with van der Waals surface area (Å²) < 4.78 is 29.2. The van der Waals surface area contributed by atoms with E-state index in [0.717, 1.165) is 5.39 Å². The Morgan fingerprint density at radius 3 is 2.68 bits per heavy atom. The summed E-state index contributed by atoms with van der Waals surface area (Å²) in [6, 6.07) is 3.55. The zero-order chi connectivity index (χ0) is 24.9. The molecule has 11 nitrogen and oxygen atoms in total. The molecule has 4 heterocycles. The first kappa shape index (κ1) is 23.8. The number of carboxylic acids is 1. The molecule has 1 aliphatic rings. The third-order valence-electron chi connectivity index (χ3n) is 6.95. The van der Waals surface area contributed by atoms with Crippen LogP contribution >= 0.6 is 0 Å². The molecular weight excluding hydrogens is 458 g/mol. The van der Waals surface area contributed by atoms with Gasteiger partial charge >= 0.3 is 0 Å². The summed E-state index contributed by atoms with van der Waals surface area (Å²) in [5, 5.41) is 26.2. The van der Waals surface area contributed by atoms with Crippen LogP contribution in [0.15, 0.2) is 31.0 Å². The number of aliphatic carboxylic acids is 1. The number of carboxylic acid groups (broad SMARTS) is 1. The van der Waals surface area contributed by atoms with Crippen LogP contribution in [0.25, 0.3) is 22.3 Å². The number of fused-ring (bicyclic) bond motifs is 1. The van der Waals surface area contributed by atoms with Crippen LogP contribution in [0.3, 0.4) is 0 Å². The Balaban J connectivity index is 1.70. The Labute approximate surface area is 197 Å². The third kappa shape index (κ3) is 3.65. The minimum Gasteiger partial charge on any atom is -0.549 e. The maximum absolute atomic E-state index is 12.2. The van der Waals surface area contributed by atoms with Crippen molar-refractivity contribution in [3.8, 4) is 17.3 Å². The number of sulfonamides is 1. The summed E-state index contributed by atoms with van der Waals surface area (Å²) >= 11 is 0. The average Bonchev–Trinajstić information content (AvgIpc) is 3.42. The molecule has 3 aromatic rings. The fourth-order valence-electron chi connectivity index (χ4n) is 4.21.